The van der Waals surface area contributed by atoms with Crippen LogP contribution in [0.2, 0.25) is 0 Å². The van der Waals surface area contributed by atoms with Gasteiger partial charge >= 0.3 is 12.0 Å². The number of carboxylic acid groups (broad SMARTS) is 1. The summed E-state index contributed by atoms with van der Waals surface area (Å²) < 4.78 is 12.2. The van der Waals surface area contributed by atoms with Crippen molar-refractivity contribution < 1.29 is 19.1 Å². The van der Waals surface area contributed by atoms with Crippen LogP contribution in [0.1, 0.15) is 52.9 Å². The molecule has 1 saturated carbocycles. The second-order valence-electron chi connectivity index (χ2n) is 9.32. The molecule has 0 spiro atoms. The Morgan fingerprint density at radius 3 is 2.56 bits per heavy atom. The molecule has 1 heterocycles. The Bertz CT molecular complexity index is 874. The highest BCUT2D eigenvalue weighted by atomic mass is 32.2. The van der Waals surface area contributed by atoms with Gasteiger partial charge in [0.2, 0.25) is 0 Å². The number of halogens is 1. The Labute approximate surface area is 214 Å². The van der Waals surface area contributed by atoms with Crippen LogP contribution in [0.4, 0.5) is 9.18 Å². The topological polar surface area (TPSA) is 82.0 Å². The number of nitrogens with one attached hydrogen (secondary N) is 1. The summed E-state index contributed by atoms with van der Waals surface area (Å²) in [4.78, 5) is 32.1. The van der Waals surface area contributed by atoms with Gasteiger partial charge in [-0.3, -0.25) is 15.1 Å². The number of amidine groups is 1. The van der Waals surface area contributed by atoms with Crippen molar-refractivity contribution in [2.75, 3.05) is 18.8 Å². The van der Waals surface area contributed by atoms with E-state index in [0.717, 1.165) is 42.8 Å². The highest BCUT2D eigenvalue weighted by Crippen LogP contribution is 2.38. The van der Waals surface area contributed by atoms with Gasteiger partial charge in [-0.25, -0.2) is 9.18 Å². The molecule has 2 amide bonds. The number of amides is 2. The summed E-state index contributed by atoms with van der Waals surface area (Å²) in [7, 11) is 0. The van der Waals surface area contributed by atoms with Crippen molar-refractivity contribution in [1.29, 1.82) is 0 Å². The minimum atomic E-state index is -0.903. The van der Waals surface area contributed by atoms with Gasteiger partial charge in [-0.1, -0.05) is 18.7 Å². The van der Waals surface area contributed by atoms with Crippen molar-refractivity contribution in [3.8, 4) is 0 Å². The number of thioether (sulfide) groups is 3. The zero-order chi connectivity index (χ0) is 24.7. The number of benzene rings is 1. The zero-order valence-corrected chi connectivity index (χ0v) is 22.4. The van der Waals surface area contributed by atoms with E-state index in [1.165, 1.54) is 35.7 Å². The van der Waals surface area contributed by atoms with E-state index in [9.17, 15) is 19.1 Å². The van der Waals surface area contributed by atoms with E-state index in [2.05, 4.69) is 17.2 Å². The van der Waals surface area contributed by atoms with E-state index in [1.807, 2.05) is 4.90 Å². The van der Waals surface area contributed by atoms with Gasteiger partial charge in [-0.05, 0) is 81.9 Å². The fraction of sp³-hybridized carbons (Fsp3) is 0.625. The zero-order valence-electron chi connectivity index (χ0n) is 20.0. The van der Waals surface area contributed by atoms with E-state index in [0.29, 0.717) is 24.2 Å². The molecular weight excluding hydrogens is 493 g/mol. The molecule has 1 atom stereocenters. The molecule has 34 heavy (non-hydrogen) atoms. The fourth-order valence-electron chi connectivity index (χ4n) is 3.99. The molecule has 0 saturated heterocycles. The lowest BCUT2D eigenvalue weighted by atomic mass is 9.86. The fourth-order valence-corrected chi connectivity index (χ4v) is 7.61. The van der Waals surface area contributed by atoms with Gasteiger partial charge in [0.25, 0.3) is 0 Å². The molecule has 0 bridgehead atoms. The number of nitrogens with zero attached hydrogens (tertiary/aromatic N) is 2. The van der Waals surface area contributed by atoms with E-state index in [4.69, 9.17) is 0 Å². The van der Waals surface area contributed by atoms with Crippen molar-refractivity contribution in [2.45, 2.75) is 73.1 Å². The van der Waals surface area contributed by atoms with Crippen LogP contribution in [0, 0.1) is 11.7 Å². The minimum Gasteiger partial charge on any atom is -0.480 e. The Morgan fingerprint density at radius 2 is 1.91 bits per heavy atom. The summed E-state index contributed by atoms with van der Waals surface area (Å²) in [5.74, 6) is 0.447. The Balaban J connectivity index is 1.53. The van der Waals surface area contributed by atoms with Gasteiger partial charge in [0.1, 0.15) is 10.6 Å². The van der Waals surface area contributed by atoms with E-state index in [-0.39, 0.29) is 22.5 Å². The smallest absolute Gasteiger partial charge is 0.323 e. The molecule has 1 aliphatic carbocycles. The Morgan fingerprint density at radius 1 is 1.24 bits per heavy atom. The lowest BCUT2D eigenvalue weighted by Crippen LogP contribution is -2.49. The molecule has 1 aromatic carbocycles. The first-order valence-electron chi connectivity index (χ1n) is 11.7. The van der Waals surface area contributed by atoms with Gasteiger partial charge in [0, 0.05) is 17.5 Å². The first kappa shape index (κ1) is 27.2. The van der Waals surface area contributed by atoms with Crippen LogP contribution in [0.3, 0.4) is 0 Å². The van der Waals surface area contributed by atoms with Crippen molar-refractivity contribution in [1.82, 2.24) is 10.2 Å². The van der Waals surface area contributed by atoms with Crippen LogP contribution in [0.15, 0.2) is 34.2 Å². The highest BCUT2D eigenvalue weighted by molar-refractivity contribution is 8.25. The van der Waals surface area contributed by atoms with Crippen LogP contribution in [-0.4, -0.2) is 61.4 Å². The number of aliphatic imine (C=N–C) groups is 1. The lowest BCUT2D eigenvalue weighted by Gasteiger charge is -2.36. The van der Waals surface area contributed by atoms with Crippen molar-refractivity contribution in [2.24, 2.45) is 10.9 Å². The molecule has 1 fully saturated rings. The second-order valence-corrected chi connectivity index (χ2v) is 13.8. The maximum absolute atomic E-state index is 13.3. The quantitative estimate of drug-likeness (QED) is 0.306. The molecular formula is C24H34FN3O3S3. The normalized spacial score (nSPS) is 22.8. The predicted molar refractivity (Wildman–Crippen MR) is 141 cm³/mol. The van der Waals surface area contributed by atoms with Crippen LogP contribution in [0.5, 0.6) is 0 Å². The third kappa shape index (κ3) is 8.09. The number of rotatable bonds is 9. The third-order valence-corrected chi connectivity index (χ3v) is 9.81. The number of hydrogen-bond acceptors (Lipinski definition) is 6. The molecule has 0 aromatic heterocycles. The van der Waals surface area contributed by atoms with Crippen molar-refractivity contribution in [3.05, 3.63) is 30.1 Å². The monoisotopic (exact) mass is 527 g/mol. The molecule has 188 valence electrons. The number of carbonyl (C=O) groups excluding carboxylic acids is 1. The molecule has 2 N–H and O–H groups in total. The van der Waals surface area contributed by atoms with E-state index >= 15 is 0 Å². The van der Waals surface area contributed by atoms with Crippen LogP contribution >= 0.6 is 35.3 Å². The SMILES string of the molecule is CC(C)(SC1CN=C(NC(=O)N(CCCSc2ccc(F)cc2)[C@H]2CC[C@H](C)CC2)S1)C(=O)O. The van der Waals surface area contributed by atoms with Gasteiger partial charge in [-0.2, -0.15) is 0 Å². The standard InChI is InChI=1S/C24H34FN3O3S3/c1-16-5-9-18(10-6-16)28(13-4-14-32-19-11-7-17(25)8-12-19)23(31)27-22-26-15-20(33-22)34-24(2,3)21(29)30/h7-8,11-12,16,18,20H,4-6,9-10,13-15H2,1-3H3,(H,29,30)(H,26,27,31)/t16-,18-,20?. The number of aliphatic carboxylic acids is 1. The summed E-state index contributed by atoms with van der Waals surface area (Å²) in [6.45, 7) is 6.78. The summed E-state index contributed by atoms with van der Waals surface area (Å²) in [5.41, 5.74) is 0. The second kappa shape index (κ2) is 12.5. The maximum Gasteiger partial charge on any atom is 0.323 e. The summed E-state index contributed by atoms with van der Waals surface area (Å²) in [6.07, 6.45) is 5.09. The molecule has 0 radical (unpaired) electrons. The van der Waals surface area contributed by atoms with Gasteiger partial charge in [0.15, 0.2) is 5.17 Å². The van der Waals surface area contributed by atoms with Gasteiger partial charge in [0.05, 0.1) is 11.1 Å². The number of urea groups is 1. The molecule has 1 aromatic rings. The third-order valence-electron chi connectivity index (χ3n) is 6.09. The molecule has 10 heteroatoms. The van der Waals surface area contributed by atoms with Crippen molar-refractivity contribution >= 4 is 52.5 Å². The van der Waals surface area contributed by atoms with Crippen LogP contribution in [0.25, 0.3) is 0 Å². The average molecular weight is 528 g/mol. The average Bonchev–Trinajstić information content (AvgIpc) is 3.21. The van der Waals surface area contributed by atoms with Gasteiger partial charge in [-0.15, -0.1) is 23.5 Å². The molecule has 1 unspecified atom stereocenters. The number of carbonyl (C=O) groups is 2. The number of hydrogen-bond donors (Lipinski definition) is 2. The Kier molecular flexibility index (Phi) is 10.0. The predicted octanol–water partition coefficient (Wildman–Crippen LogP) is 5.92. The number of carboxylic acids is 1. The van der Waals surface area contributed by atoms with Crippen LogP contribution in [-0.2, 0) is 4.79 Å². The molecule has 1 aliphatic heterocycles. The first-order chi connectivity index (χ1) is 16.1. The summed E-state index contributed by atoms with van der Waals surface area (Å²) >= 11 is 4.46. The van der Waals surface area contributed by atoms with Crippen LogP contribution < -0.4 is 5.32 Å². The molecule has 3 rings (SSSR count). The minimum absolute atomic E-state index is 0.0301. The first-order valence-corrected chi connectivity index (χ1v) is 14.5. The van der Waals surface area contributed by atoms with E-state index in [1.54, 1.807) is 37.7 Å². The maximum atomic E-state index is 13.3. The van der Waals surface area contributed by atoms with E-state index < -0.39 is 10.7 Å². The largest absolute Gasteiger partial charge is 0.480 e. The highest BCUT2D eigenvalue weighted by Gasteiger charge is 2.35. The van der Waals surface area contributed by atoms with Gasteiger partial charge < -0.3 is 10.0 Å². The Hall–Kier alpha value is -1.39. The van der Waals surface area contributed by atoms with Crippen molar-refractivity contribution in [3.63, 3.8) is 0 Å². The summed E-state index contributed by atoms with van der Waals surface area (Å²) in [5, 5.41) is 12.9. The molecule has 2 aliphatic rings. The lowest BCUT2D eigenvalue weighted by molar-refractivity contribution is -0.138. The summed E-state index contributed by atoms with van der Waals surface area (Å²) in [6, 6.07) is 6.59. The molecule has 6 nitrogen and oxygen atoms in total.